The first-order valence-corrected chi connectivity index (χ1v) is 11.8. The summed E-state index contributed by atoms with van der Waals surface area (Å²) in [5, 5.41) is 9.20. The number of aliphatic carboxylic acids is 1. The highest BCUT2D eigenvalue weighted by Gasteiger charge is 2.38. The Morgan fingerprint density at radius 3 is 2.76 bits per heavy atom. The van der Waals surface area contributed by atoms with Crippen LogP contribution in [0.5, 0.6) is 17.2 Å². The SMILES string of the molecule is C[C@H](Oc1ccc(COc2cc(F)c3c(c2)OCC(CN2CCC=C(C(=O)O)C2)=C3)cc1Cl)C(F)(F)F. The summed E-state index contributed by atoms with van der Waals surface area (Å²) in [6, 6.07) is 7.03. The third kappa shape index (κ3) is 6.75. The number of fused-ring (bicyclic) bond motifs is 1. The van der Waals surface area contributed by atoms with Crippen molar-refractivity contribution in [1.82, 2.24) is 4.90 Å². The van der Waals surface area contributed by atoms with Gasteiger partial charge in [-0.25, -0.2) is 9.18 Å². The van der Waals surface area contributed by atoms with E-state index in [0.29, 0.717) is 42.9 Å². The van der Waals surface area contributed by atoms with Crippen molar-refractivity contribution in [2.24, 2.45) is 0 Å². The summed E-state index contributed by atoms with van der Waals surface area (Å²) >= 11 is 6.06. The summed E-state index contributed by atoms with van der Waals surface area (Å²) in [7, 11) is 0. The molecule has 198 valence electrons. The van der Waals surface area contributed by atoms with E-state index in [2.05, 4.69) is 0 Å². The zero-order valence-electron chi connectivity index (χ0n) is 19.8. The first-order valence-electron chi connectivity index (χ1n) is 11.4. The number of ether oxygens (including phenoxy) is 3. The minimum Gasteiger partial charge on any atom is -0.489 e. The van der Waals surface area contributed by atoms with E-state index >= 15 is 0 Å². The number of alkyl halides is 3. The van der Waals surface area contributed by atoms with Crippen molar-refractivity contribution in [3.8, 4) is 17.2 Å². The number of carboxylic acid groups (broad SMARTS) is 1. The van der Waals surface area contributed by atoms with Gasteiger partial charge in [-0.1, -0.05) is 23.7 Å². The molecule has 0 bridgehead atoms. The van der Waals surface area contributed by atoms with Crippen molar-refractivity contribution in [1.29, 1.82) is 0 Å². The molecule has 0 amide bonds. The van der Waals surface area contributed by atoms with Crippen LogP contribution in [0.15, 0.2) is 47.6 Å². The third-order valence-corrected chi connectivity index (χ3v) is 6.22. The van der Waals surface area contributed by atoms with Gasteiger partial charge in [-0.2, -0.15) is 13.2 Å². The molecule has 0 radical (unpaired) electrons. The number of halogens is 5. The summed E-state index contributed by atoms with van der Waals surface area (Å²) in [6.45, 7) is 2.58. The van der Waals surface area contributed by atoms with Gasteiger partial charge in [0.05, 0.1) is 10.6 Å². The smallest absolute Gasteiger partial charge is 0.425 e. The molecular weight excluding hydrogens is 518 g/mol. The van der Waals surface area contributed by atoms with Crippen molar-refractivity contribution < 1.29 is 41.7 Å². The summed E-state index contributed by atoms with van der Waals surface area (Å²) in [4.78, 5) is 13.2. The fraction of sp³-hybridized carbons (Fsp3) is 0.346. The second-order valence-electron chi connectivity index (χ2n) is 8.80. The van der Waals surface area contributed by atoms with Gasteiger partial charge in [0.1, 0.15) is 36.3 Å². The molecule has 6 nitrogen and oxygen atoms in total. The number of hydrogen-bond acceptors (Lipinski definition) is 5. The predicted octanol–water partition coefficient (Wildman–Crippen LogP) is 5.88. The molecule has 0 aromatic heterocycles. The quantitative estimate of drug-likeness (QED) is 0.421. The fourth-order valence-electron chi connectivity index (χ4n) is 3.96. The maximum Gasteiger partial charge on any atom is 0.425 e. The van der Waals surface area contributed by atoms with Gasteiger partial charge in [-0.15, -0.1) is 0 Å². The Kier molecular flexibility index (Phi) is 7.99. The standard InChI is InChI=1S/C26H24ClF4NO5/c1-15(26(29,30)31)37-23-5-4-16(8-21(23)27)13-35-19-9-22(28)20-7-17(14-36-24(20)10-19)11-32-6-2-3-18(12-32)25(33)34/h3-5,7-10,15H,2,6,11-14H2,1H3,(H,33,34)/t15-/m0/s1. The lowest BCUT2D eigenvalue weighted by molar-refractivity contribution is -0.189. The molecule has 11 heteroatoms. The summed E-state index contributed by atoms with van der Waals surface area (Å²) in [5.74, 6) is -1.07. The molecular formula is C26H24ClF4NO5. The van der Waals surface area contributed by atoms with Gasteiger partial charge in [-0.05, 0) is 42.7 Å². The van der Waals surface area contributed by atoms with Gasteiger partial charge in [-0.3, -0.25) is 4.90 Å². The molecule has 0 saturated carbocycles. The average Bonchev–Trinajstić information content (AvgIpc) is 2.84. The van der Waals surface area contributed by atoms with Crippen LogP contribution in [-0.4, -0.2) is 54.5 Å². The average molecular weight is 542 g/mol. The van der Waals surface area contributed by atoms with E-state index in [1.807, 2.05) is 4.90 Å². The monoisotopic (exact) mass is 541 g/mol. The number of rotatable bonds is 8. The largest absolute Gasteiger partial charge is 0.489 e. The third-order valence-electron chi connectivity index (χ3n) is 5.92. The van der Waals surface area contributed by atoms with Crippen LogP contribution in [0.25, 0.3) is 6.08 Å². The Morgan fingerprint density at radius 1 is 1.27 bits per heavy atom. The number of nitrogens with zero attached hydrogens (tertiary/aromatic N) is 1. The topological polar surface area (TPSA) is 68.2 Å². The Labute approximate surface area is 215 Å². The van der Waals surface area contributed by atoms with Crippen molar-refractivity contribution in [3.63, 3.8) is 0 Å². The highest BCUT2D eigenvalue weighted by Crippen LogP contribution is 2.35. The van der Waals surface area contributed by atoms with Crippen LogP contribution in [0.4, 0.5) is 17.6 Å². The zero-order chi connectivity index (χ0) is 26.7. The number of carbonyl (C=O) groups is 1. The molecule has 2 aromatic carbocycles. The minimum absolute atomic E-state index is 0.00510. The molecule has 2 aromatic rings. The van der Waals surface area contributed by atoms with Gasteiger partial charge < -0.3 is 19.3 Å². The van der Waals surface area contributed by atoms with Gasteiger partial charge in [0.15, 0.2) is 6.10 Å². The van der Waals surface area contributed by atoms with E-state index in [0.717, 1.165) is 12.5 Å². The van der Waals surface area contributed by atoms with Crippen LogP contribution in [0.3, 0.4) is 0 Å². The summed E-state index contributed by atoms with van der Waals surface area (Å²) in [5.41, 5.74) is 2.00. The van der Waals surface area contributed by atoms with Crippen LogP contribution in [0.1, 0.15) is 24.5 Å². The maximum absolute atomic E-state index is 14.9. The van der Waals surface area contributed by atoms with E-state index in [1.54, 1.807) is 18.2 Å². The first kappa shape index (κ1) is 26.8. The van der Waals surface area contributed by atoms with Crippen molar-refractivity contribution in [3.05, 3.63) is 69.5 Å². The molecule has 37 heavy (non-hydrogen) atoms. The minimum atomic E-state index is -4.52. The Hall–Kier alpha value is -3.24. The van der Waals surface area contributed by atoms with E-state index in [4.69, 9.17) is 25.8 Å². The highest BCUT2D eigenvalue weighted by molar-refractivity contribution is 6.32. The van der Waals surface area contributed by atoms with E-state index in [-0.39, 0.29) is 35.3 Å². The lowest BCUT2D eigenvalue weighted by atomic mass is 10.0. The normalized spacial score (nSPS) is 16.7. The van der Waals surface area contributed by atoms with Crippen LogP contribution >= 0.6 is 11.6 Å². The lowest BCUT2D eigenvalue weighted by Gasteiger charge is -2.28. The van der Waals surface area contributed by atoms with E-state index in [1.165, 1.54) is 24.3 Å². The van der Waals surface area contributed by atoms with Gasteiger partial charge in [0.25, 0.3) is 0 Å². The molecule has 0 spiro atoms. The molecule has 2 aliphatic heterocycles. The molecule has 0 fully saturated rings. The zero-order valence-corrected chi connectivity index (χ0v) is 20.5. The number of hydrogen-bond donors (Lipinski definition) is 1. The predicted molar refractivity (Wildman–Crippen MR) is 129 cm³/mol. The molecule has 2 heterocycles. The van der Waals surface area contributed by atoms with Gasteiger partial charge >= 0.3 is 12.1 Å². The summed E-state index contributed by atoms with van der Waals surface area (Å²) in [6.07, 6.45) is -2.48. The van der Waals surface area contributed by atoms with Crippen molar-refractivity contribution >= 4 is 23.6 Å². The number of benzene rings is 2. The Bertz CT molecular complexity index is 1240. The van der Waals surface area contributed by atoms with Crippen molar-refractivity contribution in [2.45, 2.75) is 32.2 Å². The first-order chi connectivity index (χ1) is 17.5. The molecule has 0 unspecified atom stereocenters. The second kappa shape index (κ2) is 11.0. The number of carboxylic acids is 1. The van der Waals surface area contributed by atoms with Crippen LogP contribution in [0, 0.1) is 5.82 Å². The molecule has 4 rings (SSSR count). The van der Waals surface area contributed by atoms with Gasteiger partial charge in [0, 0.05) is 37.3 Å². The van der Waals surface area contributed by atoms with E-state index < -0.39 is 24.1 Å². The summed E-state index contributed by atoms with van der Waals surface area (Å²) < 4.78 is 69.3. The Morgan fingerprint density at radius 2 is 2.05 bits per heavy atom. The molecule has 0 aliphatic carbocycles. The highest BCUT2D eigenvalue weighted by atomic mass is 35.5. The fourth-order valence-corrected chi connectivity index (χ4v) is 4.20. The van der Waals surface area contributed by atoms with Crippen LogP contribution in [0.2, 0.25) is 5.02 Å². The van der Waals surface area contributed by atoms with Crippen LogP contribution in [-0.2, 0) is 11.4 Å². The molecule has 1 N–H and O–H groups in total. The Balaban J connectivity index is 1.39. The van der Waals surface area contributed by atoms with Crippen LogP contribution < -0.4 is 14.2 Å². The molecule has 1 atom stereocenters. The van der Waals surface area contributed by atoms with Crippen molar-refractivity contribution in [2.75, 3.05) is 26.2 Å². The second-order valence-corrected chi connectivity index (χ2v) is 9.20. The molecule has 0 saturated heterocycles. The maximum atomic E-state index is 14.9. The molecule has 2 aliphatic rings. The van der Waals surface area contributed by atoms with E-state index in [9.17, 15) is 27.5 Å². The lowest BCUT2D eigenvalue weighted by Crippen LogP contribution is -2.35. The van der Waals surface area contributed by atoms with Gasteiger partial charge in [0.2, 0.25) is 0 Å².